The highest BCUT2D eigenvalue weighted by molar-refractivity contribution is 6.12. The zero-order chi connectivity index (χ0) is 22.1. The average Bonchev–Trinajstić information content (AvgIpc) is 3.61. The van der Waals surface area contributed by atoms with Crippen molar-refractivity contribution in [1.29, 1.82) is 0 Å². The lowest BCUT2D eigenvalue weighted by atomic mass is 9.95. The highest BCUT2D eigenvalue weighted by atomic mass is 15.1. The highest BCUT2D eigenvalue weighted by Gasteiger charge is 2.30. The van der Waals surface area contributed by atoms with Crippen LogP contribution in [0.3, 0.4) is 0 Å². The maximum atomic E-state index is 4.93. The summed E-state index contributed by atoms with van der Waals surface area (Å²) in [5.41, 5.74) is 10.8. The van der Waals surface area contributed by atoms with E-state index in [1.807, 2.05) is 6.20 Å². The fourth-order valence-corrected chi connectivity index (χ4v) is 7.00. The SMILES string of the molecule is Cc1ccnc2c3ccc(C4CCCC4)cc3n3c4c(C5CCCC5)cccc4[n+](C)c3c12. The Labute approximate surface area is 195 Å². The molecule has 2 aliphatic rings. The number of imidazole rings is 1. The molecule has 0 atom stereocenters. The van der Waals surface area contributed by atoms with Gasteiger partial charge in [0.25, 0.3) is 5.65 Å². The Kier molecular flexibility index (Phi) is 4.31. The molecular weight excluding hydrogens is 402 g/mol. The second-order valence-corrected chi connectivity index (χ2v) is 10.5. The summed E-state index contributed by atoms with van der Waals surface area (Å²) in [5.74, 6) is 1.38. The van der Waals surface area contributed by atoms with Crippen LogP contribution in [0.1, 0.15) is 79.9 Å². The zero-order valence-electron chi connectivity index (χ0n) is 19.8. The second-order valence-electron chi connectivity index (χ2n) is 10.5. The molecule has 3 aromatic heterocycles. The first kappa shape index (κ1) is 19.5. The van der Waals surface area contributed by atoms with E-state index in [1.54, 1.807) is 0 Å². The average molecular weight is 435 g/mol. The van der Waals surface area contributed by atoms with Gasteiger partial charge in [-0.1, -0.05) is 43.9 Å². The lowest BCUT2D eigenvalue weighted by Gasteiger charge is -2.13. The van der Waals surface area contributed by atoms with E-state index in [0.29, 0.717) is 11.8 Å². The van der Waals surface area contributed by atoms with Gasteiger partial charge in [0.15, 0.2) is 11.0 Å². The predicted octanol–water partition coefficient (Wildman–Crippen LogP) is 7.24. The summed E-state index contributed by atoms with van der Waals surface area (Å²) in [7, 11) is 2.24. The Hall–Kier alpha value is -2.94. The Bertz CT molecular complexity index is 1550. The van der Waals surface area contributed by atoms with Crippen LogP contribution in [0.4, 0.5) is 0 Å². The van der Waals surface area contributed by atoms with Crippen molar-refractivity contribution < 1.29 is 4.57 Å². The van der Waals surface area contributed by atoms with E-state index in [-0.39, 0.29) is 0 Å². The molecule has 0 amide bonds. The summed E-state index contributed by atoms with van der Waals surface area (Å²) in [4.78, 5) is 4.93. The lowest BCUT2D eigenvalue weighted by Crippen LogP contribution is -2.27. The van der Waals surface area contributed by atoms with Gasteiger partial charge in [0.05, 0.1) is 18.0 Å². The monoisotopic (exact) mass is 434 g/mol. The van der Waals surface area contributed by atoms with Gasteiger partial charge in [-0.15, -0.1) is 0 Å². The number of pyridine rings is 2. The minimum atomic E-state index is 0.672. The van der Waals surface area contributed by atoms with Crippen molar-refractivity contribution in [3.63, 3.8) is 0 Å². The molecule has 0 bridgehead atoms. The fourth-order valence-electron chi connectivity index (χ4n) is 7.00. The van der Waals surface area contributed by atoms with Crippen molar-refractivity contribution in [2.24, 2.45) is 7.05 Å². The number of para-hydroxylation sites is 1. The second kappa shape index (κ2) is 7.28. The summed E-state index contributed by atoms with van der Waals surface area (Å²) in [6, 6.07) is 16.4. The Morgan fingerprint density at radius 2 is 1.67 bits per heavy atom. The lowest BCUT2D eigenvalue weighted by molar-refractivity contribution is -0.617. The first-order valence-corrected chi connectivity index (χ1v) is 12.9. The molecular formula is C30H32N3+. The van der Waals surface area contributed by atoms with Crippen molar-refractivity contribution >= 4 is 38.5 Å². The Balaban J connectivity index is 1.71. The molecule has 0 saturated heterocycles. The molecule has 2 aliphatic carbocycles. The van der Waals surface area contributed by atoms with Gasteiger partial charge in [-0.2, -0.15) is 4.40 Å². The standard InChI is InChI=1S/C30H32N3/c1-19-16-17-31-28-24-15-14-22(20-8-3-4-9-20)18-26(24)33-29-23(21-10-5-6-11-21)12-7-13-25(29)32(2)30(33)27(19)28/h7,12-18,20-21H,3-6,8-11H2,1-2H3/q+1. The largest absolute Gasteiger partial charge is 0.297 e. The van der Waals surface area contributed by atoms with Gasteiger partial charge in [0.1, 0.15) is 5.52 Å². The van der Waals surface area contributed by atoms with Crippen molar-refractivity contribution in [2.45, 2.75) is 70.1 Å². The minimum Gasteiger partial charge on any atom is -0.255 e. The van der Waals surface area contributed by atoms with Gasteiger partial charge in [-0.25, -0.2) is 4.57 Å². The normalized spacial score (nSPS) is 18.0. The summed E-state index contributed by atoms with van der Waals surface area (Å²) in [6.07, 6.45) is 12.7. The topological polar surface area (TPSA) is 21.2 Å². The van der Waals surface area contributed by atoms with Crippen LogP contribution in [0.15, 0.2) is 48.7 Å². The number of nitrogens with zero attached hydrogens (tertiary/aromatic N) is 3. The fraction of sp³-hybridized carbons (Fsp3) is 0.400. The van der Waals surface area contributed by atoms with Crippen molar-refractivity contribution in [2.75, 3.05) is 0 Å². The molecule has 0 radical (unpaired) electrons. The number of aromatic nitrogens is 3. The van der Waals surface area contributed by atoms with Crippen LogP contribution in [-0.4, -0.2) is 9.38 Å². The number of aryl methyl sites for hydroxylation is 2. The predicted molar refractivity (Wildman–Crippen MR) is 136 cm³/mol. The molecule has 5 aromatic rings. The number of fused-ring (bicyclic) bond motifs is 8. The van der Waals surface area contributed by atoms with Crippen molar-refractivity contribution in [1.82, 2.24) is 9.38 Å². The van der Waals surface area contributed by atoms with Gasteiger partial charge in [-0.05, 0) is 79.8 Å². The van der Waals surface area contributed by atoms with Crippen LogP contribution in [-0.2, 0) is 7.05 Å². The van der Waals surface area contributed by atoms with Crippen LogP contribution in [0.2, 0.25) is 0 Å². The maximum absolute atomic E-state index is 4.93. The number of hydrogen-bond donors (Lipinski definition) is 0. The van der Waals surface area contributed by atoms with Gasteiger partial charge < -0.3 is 0 Å². The van der Waals surface area contributed by atoms with E-state index in [0.717, 1.165) is 5.52 Å². The summed E-state index contributed by atoms with van der Waals surface area (Å²) >= 11 is 0. The smallest absolute Gasteiger partial charge is 0.255 e. The molecule has 0 spiro atoms. The molecule has 2 aromatic carbocycles. The van der Waals surface area contributed by atoms with E-state index in [2.05, 4.69) is 65.4 Å². The van der Waals surface area contributed by atoms with E-state index in [4.69, 9.17) is 4.98 Å². The first-order chi connectivity index (χ1) is 16.2. The Morgan fingerprint density at radius 3 is 2.45 bits per heavy atom. The van der Waals surface area contributed by atoms with Crippen LogP contribution in [0.5, 0.6) is 0 Å². The van der Waals surface area contributed by atoms with Gasteiger partial charge in [-0.3, -0.25) is 4.98 Å². The van der Waals surface area contributed by atoms with Crippen LogP contribution in [0.25, 0.3) is 38.5 Å². The first-order valence-electron chi connectivity index (χ1n) is 12.9. The van der Waals surface area contributed by atoms with Crippen molar-refractivity contribution in [3.8, 4) is 0 Å². The number of benzene rings is 2. The maximum Gasteiger partial charge on any atom is 0.297 e. The van der Waals surface area contributed by atoms with E-state index >= 15 is 0 Å². The van der Waals surface area contributed by atoms with Gasteiger partial charge >= 0.3 is 0 Å². The molecule has 0 N–H and O–H groups in total. The molecule has 0 unspecified atom stereocenters. The highest BCUT2D eigenvalue weighted by Crippen LogP contribution is 2.41. The van der Waals surface area contributed by atoms with E-state index in [1.165, 1.54) is 101 Å². The summed E-state index contributed by atoms with van der Waals surface area (Å²) in [6.45, 7) is 2.23. The van der Waals surface area contributed by atoms with Crippen LogP contribution >= 0.6 is 0 Å². The third-order valence-electron chi connectivity index (χ3n) is 8.68. The van der Waals surface area contributed by atoms with Gasteiger partial charge in [0.2, 0.25) is 0 Å². The zero-order valence-corrected chi connectivity index (χ0v) is 19.8. The molecule has 3 heteroatoms. The van der Waals surface area contributed by atoms with Crippen molar-refractivity contribution in [3.05, 3.63) is 65.4 Å². The molecule has 3 nitrogen and oxygen atoms in total. The molecule has 3 heterocycles. The van der Waals surface area contributed by atoms with Gasteiger partial charge in [0, 0.05) is 17.1 Å². The molecule has 2 saturated carbocycles. The quantitative estimate of drug-likeness (QED) is 0.212. The molecule has 33 heavy (non-hydrogen) atoms. The summed E-state index contributed by atoms with van der Waals surface area (Å²) < 4.78 is 5.03. The molecule has 2 fully saturated rings. The third-order valence-corrected chi connectivity index (χ3v) is 8.68. The number of hydrogen-bond acceptors (Lipinski definition) is 1. The third kappa shape index (κ3) is 2.74. The van der Waals surface area contributed by atoms with Crippen LogP contribution in [0, 0.1) is 6.92 Å². The van der Waals surface area contributed by atoms with E-state index in [9.17, 15) is 0 Å². The summed E-state index contributed by atoms with van der Waals surface area (Å²) in [5, 5.41) is 2.57. The molecule has 166 valence electrons. The molecule has 0 aliphatic heterocycles. The van der Waals surface area contributed by atoms with Crippen LogP contribution < -0.4 is 4.57 Å². The minimum absolute atomic E-state index is 0.672. The number of rotatable bonds is 2. The Morgan fingerprint density at radius 1 is 0.909 bits per heavy atom. The molecule has 7 rings (SSSR count). The van der Waals surface area contributed by atoms with E-state index < -0.39 is 0 Å².